The van der Waals surface area contributed by atoms with Gasteiger partial charge in [0.25, 0.3) is 0 Å². The molecule has 0 saturated carbocycles. The van der Waals surface area contributed by atoms with Crippen LogP contribution in [0.5, 0.6) is 11.8 Å². The number of aryl methyl sites for hydroxylation is 1. The highest BCUT2D eigenvalue weighted by molar-refractivity contribution is 6.30. The van der Waals surface area contributed by atoms with Crippen molar-refractivity contribution in [2.24, 2.45) is 0 Å². The molecule has 0 spiro atoms. The molecule has 0 amide bonds. The Hall–Kier alpha value is -1.81. The molecular weight excluding hydrogens is 226 g/mol. The first-order valence-corrected chi connectivity index (χ1v) is 5.04. The zero-order chi connectivity index (χ0) is 11.5. The number of nitrogens with two attached hydrogens (primary N) is 1. The van der Waals surface area contributed by atoms with E-state index in [2.05, 4.69) is 9.97 Å². The standard InChI is InChI=1S/C11H10ClN3O/c1-7-5-14-11(15-6-7)16-10-4-8(12)2-3-9(10)13/h2-6H,13H2,1H3. The third-order valence-electron chi connectivity index (χ3n) is 1.93. The van der Waals surface area contributed by atoms with Gasteiger partial charge in [0, 0.05) is 23.5 Å². The number of benzene rings is 1. The van der Waals surface area contributed by atoms with Crippen LogP contribution >= 0.6 is 11.6 Å². The fourth-order valence-corrected chi connectivity index (χ4v) is 1.29. The van der Waals surface area contributed by atoms with Gasteiger partial charge in [0.05, 0.1) is 5.69 Å². The van der Waals surface area contributed by atoms with Crippen LogP contribution in [0.15, 0.2) is 30.6 Å². The first-order valence-electron chi connectivity index (χ1n) is 4.66. The molecule has 1 heterocycles. The highest BCUT2D eigenvalue weighted by Crippen LogP contribution is 2.28. The second kappa shape index (κ2) is 4.37. The van der Waals surface area contributed by atoms with E-state index in [0.717, 1.165) is 5.56 Å². The van der Waals surface area contributed by atoms with Crippen molar-refractivity contribution in [2.45, 2.75) is 6.92 Å². The molecule has 2 N–H and O–H groups in total. The minimum Gasteiger partial charge on any atom is -0.422 e. The van der Waals surface area contributed by atoms with Crippen LogP contribution in [-0.4, -0.2) is 9.97 Å². The Morgan fingerprint density at radius 1 is 1.25 bits per heavy atom. The molecule has 0 radical (unpaired) electrons. The van der Waals surface area contributed by atoms with Crippen molar-refractivity contribution in [3.05, 3.63) is 41.2 Å². The molecule has 0 aliphatic carbocycles. The van der Waals surface area contributed by atoms with E-state index in [1.165, 1.54) is 0 Å². The predicted octanol–water partition coefficient (Wildman–Crippen LogP) is 2.81. The first kappa shape index (κ1) is 10.7. The fourth-order valence-electron chi connectivity index (χ4n) is 1.13. The van der Waals surface area contributed by atoms with Crippen molar-refractivity contribution in [3.8, 4) is 11.8 Å². The molecule has 0 aliphatic rings. The second-order valence-corrected chi connectivity index (χ2v) is 3.76. The molecule has 0 aliphatic heterocycles. The summed E-state index contributed by atoms with van der Waals surface area (Å²) in [6, 6.07) is 5.24. The van der Waals surface area contributed by atoms with Gasteiger partial charge in [0.15, 0.2) is 5.75 Å². The number of aromatic nitrogens is 2. The topological polar surface area (TPSA) is 61.0 Å². The van der Waals surface area contributed by atoms with Gasteiger partial charge in [0.2, 0.25) is 0 Å². The summed E-state index contributed by atoms with van der Waals surface area (Å²) in [5.41, 5.74) is 7.19. The third-order valence-corrected chi connectivity index (χ3v) is 2.17. The average Bonchev–Trinajstić information content (AvgIpc) is 2.27. The normalized spacial score (nSPS) is 10.1. The number of nitrogens with zero attached hydrogens (tertiary/aromatic N) is 2. The highest BCUT2D eigenvalue weighted by Gasteiger charge is 2.04. The third kappa shape index (κ3) is 2.41. The Labute approximate surface area is 98.0 Å². The van der Waals surface area contributed by atoms with Gasteiger partial charge in [-0.2, -0.15) is 0 Å². The van der Waals surface area contributed by atoms with E-state index in [1.807, 2.05) is 6.92 Å². The predicted molar refractivity (Wildman–Crippen MR) is 62.7 cm³/mol. The summed E-state index contributed by atoms with van der Waals surface area (Å²) in [4.78, 5) is 8.02. The van der Waals surface area contributed by atoms with Crippen LogP contribution in [0.1, 0.15) is 5.56 Å². The Morgan fingerprint density at radius 2 is 1.94 bits per heavy atom. The van der Waals surface area contributed by atoms with E-state index in [4.69, 9.17) is 22.1 Å². The lowest BCUT2D eigenvalue weighted by atomic mass is 10.3. The lowest BCUT2D eigenvalue weighted by molar-refractivity contribution is 0.443. The van der Waals surface area contributed by atoms with Gasteiger partial charge < -0.3 is 10.5 Å². The molecule has 5 heteroatoms. The van der Waals surface area contributed by atoms with Crippen molar-refractivity contribution in [1.82, 2.24) is 9.97 Å². The molecule has 16 heavy (non-hydrogen) atoms. The zero-order valence-electron chi connectivity index (χ0n) is 8.64. The largest absolute Gasteiger partial charge is 0.422 e. The van der Waals surface area contributed by atoms with Gasteiger partial charge in [-0.15, -0.1) is 0 Å². The lowest BCUT2D eigenvalue weighted by Crippen LogP contribution is -1.95. The van der Waals surface area contributed by atoms with Crippen molar-refractivity contribution in [3.63, 3.8) is 0 Å². The van der Waals surface area contributed by atoms with E-state index in [-0.39, 0.29) is 6.01 Å². The van der Waals surface area contributed by atoms with E-state index >= 15 is 0 Å². The van der Waals surface area contributed by atoms with Crippen LogP contribution in [0.3, 0.4) is 0 Å². The first-order chi connectivity index (χ1) is 7.65. The minimum absolute atomic E-state index is 0.250. The number of halogens is 1. The molecule has 82 valence electrons. The van der Waals surface area contributed by atoms with Crippen LogP contribution in [0.4, 0.5) is 5.69 Å². The molecule has 0 fully saturated rings. The van der Waals surface area contributed by atoms with Crippen molar-refractivity contribution in [2.75, 3.05) is 5.73 Å². The number of hydrogen-bond acceptors (Lipinski definition) is 4. The summed E-state index contributed by atoms with van der Waals surface area (Å²) < 4.78 is 5.41. The zero-order valence-corrected chi connectivity index (χ0v) is 9.40. The minimum atomic E-state index is 0.250. The number of nitrogen functional groups attached to an aromatic ring is 1. The number of anilines is 1. The maximum absolute atomic E-state index is 5.83. The van der Waals surface area contributed by atoms with Crippen LogP contribution in [-0.2, 0) is 0 Å². The Bertz CT molecular complexity index is 499. The van der Waals surface area contributed by atoms with Gasteiger partial charge in [0.1, 0.15) is 0 Å². The van der Waals surface area contributed by atoms with Crippen LogP contribution in [0.25, 0.3) is 0 Å². The second-order valence-electron chi connectivity index (χ2n) is 3.33. The smallest absolute Gasteiger partial charge is 0.321 e. The van der Waals surface area contributed by atoms with Gasteiger partial charge in [-0.1, -0.05) is 11.6 Å². The number of ether oxygens (including phenoxy) is 1. The Morgan fingerprint density at radius 3 is 2.62 bits per heavy atom. The van der Waals surface area contributed by atoms with E-state index in [9.17, 15) is 0 Å². The SMILES string of the molecule is Cc1cnc(Oc2cc(Cl)ccc2N)nc1. The highest BCUT2D eigenvalue weighted by atomic mass is 35.5. The molecule has 0 saturated heterocycles. The summed E-state index contributed by atoms with van der Waals surface area (Å²) >= 11 is 5.83. The summed E-state index contributed by atoms with van der Waals surface area (Å²) in [5.74, 6) is 0.455. The summed E-state index contributed by atoms with van der Waals surface area (Å²) in [6.45, 7) is 1.90. The van der Waals surface area contributed by atoms with Gasteiger partial charge in [-0.25, -0.2) is 9.97 Å². The lowest BCUT2D eigenvalue weighted by Gasteiger charge is -2.06. The van der Waals surface area contributed by atoms with Gasteiger partial charge >= 0.3 is 6.01 Å². The molecular formula is C11H10ClN3O. The van der Waals surface area contributed by atoms with Gasteiger partial charge in [-0.3, -0.25) is 0 Å². The van der Waals surface area contributed by atoms with Crippen LogP contribution in [0, 0.1) is 6.92 Å². The van der Waals surface area contributed by atoms with Crippen LogP contribution < -0.4 is 10.5 Å². The maximum atomic E-state index is 5.83. The fraction of sp³-hybridized carbons (Fsp3) is 0.0909. The van der Waals surface area contributed by atoms with Crippen molar-refractivity contribution in [1.29, 1.82) is 0 Å². The molecule has 4 nitrogen and oxygen atoms in total. The molecule has 1 aromatic heterocycles. The van der Waals surface area contributed by atoms with Crippen molar-refractivity contribution >= 4 is 17.3 Å². The van der Waals surface area contributed by atoms with Crippen molar-refractivity contribution < 1.29 is 4.74 Å². The Kier molecular flexibility index (Phi) is 2.92. The number of rotatable bonds is 2. The monoisotopic (exact) mass is 235 g/mol. The molecule has 0 unspecified atom stereocenters. The average molecular weight is 236 g/mol. The molecule has 0 atom stereocenters. The summed E-state index contributed by atoms with van der Waals surface area (Å²) in [6.07, 6.45) is 3.34. The summed E-state index contributed by atoms with van der Waals surface area (Å²) in [7, 11) is 0. The Balaban J connectivity index is 2.26. The number of hydrogen-bond donors (Lipinski definition) is 1. The van der Waals surface area contributed by atoms with E-state index in [0.29, 0.717) is 16.5 Å². The quantitative estimate of drug-likeness (QED) is 0.813. The van der Waals surface area contributed by atoms with Gasteiger partial charge in [-0.05, 0) is 24.6 Å². The maximum Gasteiger partial charge on any atom is 0.321 e. The molecule has 1 aromatic carbocycles. The molecule has 2 aromatic rings. The molecule has 2 rings (SSSR count). The van der Waals surface area contributed by atoms with E-state index < -0.39 is 0 Å². The summed E-state index contributed by atoms with van der Waals surface area (Å²) in [5, 5.41) is 0.552. The van der Waals surface area contributed by atoms with E-state index in [1.54, 1.807) is 30.6 Å². The van der Waals surface area contributed by atoms with Crippen LogP contribution in [0.2, 0.25) is 5.02 Å². The molecule has 0 bridgehead atoms.